The fourth-order valence-corrected chi connectivity index (χ4v) is 4.11. The number of aliphatic imine (C=N–C) groups is 1. The van der Waals surface area contributed by atoms with Gasteiger partial charge < -0.3 is 24.6 Å². The fourth-order valence-electron chi connectivity index (χ4n) is 4.11. The summed E-state index contributed by atoms with van der Waals surface area (Å²) in [7, 11) is 3.35. The van der Waals surface area contributed by atoms with E-state index in [4.69, 9.17) is 14.0 Å². The lowest BCUT2D eigenvalue weighted by atomic mass is 9.69. The molecule has 1 aromatic heterocycles. The van der Waals surface area contributed by atoms with Crippen molar-refractivity contribution in [3.05, 3.63) is 35.5 Å². The van der Waals surface area contributed by atoms with E-state index in [-0.39, 0.29) is 29.4 Å². The molecule has 0 unspecified atom stereocenters. The average molecular weight is 543 g/mol. The standard InChI is InChI=1S/C22H33N5O3.HI/c1-5-23-21(24-14-20-26-16(2)27-30-20)25-15-22(11-7-6-8-12-22)17-9-10-18(28-3)19(13-17)29-4;/h9-10,13H,5-8,11-12,14-15H2,1-4H3,(H2,23,24,25);1H. The number of ether oxygens (including phenoxy) is 2. The number of nitrogens with zero attached hydrogens (tertiary/aromatic N) is 3. The van der Waals surface area contributed by atoms with E-state index in [1.807, 2.05) is 6.07 Å². The Kier molecular flexibility index (Phi) is 9.86. The maximum absolute atomic E-state index is 5.56. The van der Waals surface area contributed by atoms with Crippen molar-refractivity contribution in [3.8, 4) is 11.5 Å². The summed E-state index contributed by atoms with van der Waals surface area (Å²) in [5, 5.41) is 10.7. The molecular weight excluding hydrogens is 509 g/mol. The molecule has 0 atom stereocenters. The Morgan fingerprint density at radius 1 is 1.13 bits per heavy atom. The van der Waals surface area contributed by atoms with Crippen LogP contribution in [-0.4, -0.2) is 43.4 Å². The lowest BCUT2D eigenvalue weighted by Gasteiger charge is -2.38. The van der Waals surface area contributed by atoms with E-state index in [9.17, 15) is 0 Å². The number of rotatable bonds is 8. The number of hydrogen-bond donors (Lipinski definition) is 2. The molecule has 0 amide bonds. The van der Waals surface area contributed by atoms with Crippen molar-refractivity contribution in [2.45, 2.75) is 57.9 Å². The van der Waals surface area contributed by atoms with Crippen LogP contribution in [0.3, 0.4) is 0 Å². The van der Waals surface area contributed by atoms with Crippen molar-refractivity contribution < 1.29 is 14.0 Å². The number of benzene rings is 1. The number of halogens is 1. The van der Waals surface area contributed by atoms with Crippen molar-refractivity contribution in [1.29, 1.82) is 0 Å². The minimum Gasteiger partial charge on any atom is -0.493 e. The van der Waals surface area contributed by atoms with E-state index in [2.05, 4.69) is 44.8 Å². The van der Waals surface area contributed by atoms with Crippen LogP contribution in [0.1, 0.15) is 56.3 Å². The van der Waals surface area contributed by atoms with Gasteiger partial charge in [0.1, 0.15) is 6.54 Å². The smallest absolute Gasteiger partial charge is 0.248 e. The van der Waals surface area contributed by atoms with Gasteiger partial charge in [0, 0.05) is 18.5 Å². The van der Waals surface area contributed by atoms with Crippen LogP contribution < -0.4 is 20.1 Å². The summed E-state index contributed by atoms with van der Waals surface area (Å²) in [5.74, 6) is 3.40. The van der Waals surface area contributed by atoms with Crippen molar-refractivity contribution in [1.82, 2.24) is 20.8 Å². The van der Waals surface area contributed by atoms with Crippen LogP contribution in [-0.2, 0) is 12.0 Å². The zero-order valence-corrected chi connectivity index (χ0v) is 21.2. The number of guanidine groups is 1. The van der Waals surface area contributed by atoms with Gasteiger partial charge in [0.25, 0.3) is 0 Å². The summed E-state index contributed by atoms with van der Waals surface area (Å²) >= 11 is 0. The SMILES string of the molecule is CCNC(=NCc1nc(C)no1)NCC1(c2ccc(OC)c(OC)c2)CCCCC1.I. The molecule has 1 saturated carbocycles. The van der Waals surface area contributed by atoms with Crippen LogP contribution in [0.25, 0.3) is 0 Å². The van der Waals surface area contributed by atoms with E-state index in [0.717, 1.165) is 43.4 Å². The van der Waals surface area contributed by atoms with Crippen LogP contribution >= 0.6 is 24.0 Å². The van der Waals surface area contributed by atoms with Crippen molar-refractivity contribution in [2.24, 2.45) is 4.99 Å². The molecule has 0 saturated heterocycles. The van der Waals surface area contributed by atoms with Gasteiger partial charge in [0.05, 0.1) is 14.2 Å². The van der Waals surface area contributed by atoms with Gasteiger partial charge in [0.2, 0.25) is 5.89 Å². The topological polar surface area (TPSA) is 93.8 Å². The van der Waals surface area contributed by atoms with Gasteiger partial charge in [-0.2, -0.15) is 4.98 Å². The molecule has 0 aliphatic heterocycles. The highest BCUT2D eigenvalue weighted by molar-refractivity contribution is 14.0. The third-order valence-corrected chi connectivity index (χ3v) is 5.69. The molecule has 1 fully saturated rings. The Labute approximate surface area is 201 Å². The van der Waals surface area contributed by atoms with E-state index >= 15 is 0 Å². The molecule has 2 aromatic rings. The van der Waals surface area contributed by atoms with Crippen molar-refractivity contribution in [2.75, 3.05) is 27.3 Å². The molecule has 3 rings (SSSR count). The van der Waals surface area contributed by atoms with Crippen LogP contribution in [0.5, 0.6) is 11.5 Å². The second kappa shape index (κ2) is 12.1. The predicted molar refractivity (Wildman–Crippen MR) is 132 cm³/mol. The van der Waals surface area contributed by atoms with Gasteiger partial charge in [-0.1, -0.05) is 30.5 Å². The maximum atomic E-state index is 5.56. The van der Waals surface area contributed by atoms with Crippen LogP contribution in [0, 0.1) is 6.92 Å². The van der Waals surface area contributed by atoms with Gasteiger partial charge in [0.15, 0.2) is 23.3 Å². The first-order valence-corrected chi connectivity index (χ1v) is 10.6. The monoisotopic (exact) mass is 543 g/mol. The lowest BCUT2D eigenvalue weighted by Crippen LogP contribution is -2.46. The van der Waals surface area contributed by atoms with E-state index in [1.54, 1.807) is 21.1 Å². The molecule has 0 spiro atoms. The van der Waals surface area contributed by atoms with Crippen molar-refractivity contribution in [3.63, 3.8) is 0 Å². The molecule has 8 nitrogen and oxygen atoms in total. The van der Waals surface area contributed by atoms with Gasteiger partial charge >= 0.3 is 0 Å². The summed E-state index contributed by atoms with van der Waals surface area (Å²) < 4.78 is 16.2. The Bertz CT molecular complexity index is 849. The molecule has 172 valence electrons. The fraction of sp³-hybridized carbons (Fsp3) is 0.591. The Morgan fingerprint density at radius 2 is 1.87 bits per heavy atom. The molecule has 2 N–H and O–H groups in total. The normalized spacial score (nSPS) is 15.7. The van der Waals surface area contributed by atoms with Crippen LogP contribution in [0.2, 0.25) is 0 Å². The van der Waals surface area contributed by atoms with Crippen LogP contribution in [0.15, 0.2) is 27.7 Å². The molecule has 9 heteroatoms. The summed E-state index contributed by atoms with van der Waals surface area (Å²) in [5.41, 5.74) is 1.30. The van der Waals surface area contributed by atoms with Crippen molar-refractivity contribution >= 4 is 29.9 Å². The number of hydrogen-bond acceptors (Lipinski definition) is 6. The van der Waals surface area contributed by atoms with Gasteiger partial charge in [-0.3, -0.25) is 0 Å². The second-order valence-corrected chi connectivity index (χ2v) is 7.69. The predicted octanol–water partition coefficient (Wildman–Crippen LogP) is 3.97. The lowest BCUT2D eigenvalue weighted by molar-refractivity contribution is 0.288. The second-order valence-electron chi connectivity index (χ2n) is 7.69. The van der Waals surface area contributed by atoms with E-state index in [0.29, 0.717) is 18.3 Å². The summed E-state index contributed by atoms with van der Waals surface area (Å²) in [6.07, 6.45) is 5.95. The molecule has 1 heterocycles. The highest BCUT2D eigenvalue weighted by Gasteiger charge is 2.34. The first-order chi connectivity index (χ1) is 14.6. The van der Waals surface area contributed by atoms with Gasteiger partial charge in [-0.15, -0.1) is 24.0 Å². The van der Waals surface area contributed by atoms with E-state index < -0.39 is 0 Å². The summed E-state index contributed by atoms with van der Waals surface area (Å²) in [6, 6.07) is 6.29. The van der Waals surface area contributed by atoms with Gasteiger partial charge in [-0.25, -0.2) is 4.99 Å². The number of aromatic nitrogens is 2. The number of aryl methyl sites for hydroxylation is 1. The third-order valence-electron chi connectivity index (χ3n) is 5.69. The number of methoxy groups -OCH3 is 2. The average Bonchev–Trinajstić information content (AvgIpc) is 3.20. The molecule has 31 heavy (non-hydrogen) atoms. The molecule has 0 bridgehead atoms. The summed E-state index contributed by atoms with van der Waals surface area (Å²) in [6.45, 7) is 5.77. The largest absolute Gasteiger partial charge is 0.493 e. The first-order valence-electron chi connectivity index (χ1n) is 10.6. The van der Waals surface area contributed by atoms with Gasteiger partial charge in [-0.05, 0) is 44.4 Å². The maximum Gasteiger partial charge on any atom is 0.248 e. The zero-order valence-electron chi connectivity index (χ0n) is 18.9. The highest BCUT2D eigenvalue weighted by atomic mass is 127. The molecule has 1 aliphatic carbocycles. The zero-order chi connectivity index (χ0) is 21.4. The number of nitrogens with one attached hydrogen (secondary N) is 2. The molecule has 1 aromatic carbocycles. The minimum absolute atomic E-state index is 0. The Balaban J connectivity index is 0.00000341. The molecule has 1 aliphatic rings. The minimum atomic E-state index is 0. The highest BCUT2D eigenvalue weighted by Crippen LogP contribution is 2.42. The Hall–Kier alpha value is -2.04. The molecular formula is C22H34IN5O3. The Morgan fingerprint density at radius 3 is 2.48 bits per heavy atom. The summed E-state index contributed by atoms with van der Waals surface area (Å²) in [4.78, 5) is 8.84. The van der Waals surface area contributed by atoms with E-state index in [1.165, 1.54) is 24.8 Å². The quantitative estimate of drug-likeness (QED) is 0.296. The first kappa shape index (κ1) is 25.2. The third kappa shape index (κ3) is 6.47. The molecule has 0 radical (unpaired) electrons. The van der Waals surface area contributed by atoms with Crippen LogP contribution in [0.4, 0.5) is 0 Å².